The summed E-state index contributed by atoms with van der Waals surface area (Å²) < 4.78 is 0. The van der Waals surface area contributed by atoms with Crippen molar-refractivity contribution in [1.29, 1.82) is 0 Å². The van der Waals surface area contributed by atoms with E-state index in [1.54, 1.807) is 30.3 Å². The lowest BCUT2D eigenvalue weighted by Crippen LogP contribution is -2.26. The molecule has 7 heteroatoms. The molecule has 2 aromatic rings. The van der Waals surface area contributed by atoms with Gasteiger partial charge in [0.25, 0.3) is 5.91 Å². The highest BCUT2D eigenvalue weighted by atomic mass is 28.3. The molecule has 1 N–H and O–H groups in total. The van der Waals surface area contributed by atoms with E-state index in [1.807, 2.05) is 18.2 Å². The standard InChI is InChI=1S/C21H26N2O4Si/c1-16(24)20(27-26-14-15-28(2,3)4)19(17-10-6-5-7-11-17)23-21(25)18-12-8-9-13-22-18/h5-13H,14-15H2,1-4H3,(H,23,25)/b20-19+. The van der Waals surface area contributed by atoms with Gasteiger partial charge in [-0.05, 0) is 18.2 Å². The monoisotopic (exact) mass is 398 g/mol. The Morgan fingerprint density at radius 2 is 1.71 bits per heavy atom. The van der Waals surface area contributed by atoms with Crippen LogP contribution in [0.15, 0.2) is 60.5 Å². The number of benzene rings is 1. The fraction of sp³-hybridized carbons (Fsp3) is 0.286. The number of carbonyl (C=O) groups excluding carboxylic acids is 2. The number of carbonyl (C=O) groups is 2. The molecule has 0 fully saturated rings. The van der Waals surface area contributed by atoms with Gasteiger partial charge in [0.2, 0.25) is 11.5 Å². The van der Waals surface area contributed by atoms with Gasteiger partial charge in [-0.15, -0.1) is 0 Å². The molecule has 1 aromatic carbocycles. The molecule has 1 amide bonds. The smallest absolute Gasteiger partial charge is 0.274 e. The van der Waals surface area contributed by atoms with Crippen LogP contribution in [-0.4, -0.2) is 31.4 Å². The molecule has 0 aliphatic rings. The van der Waals surface area contributed by atoms with Crippen molar-refractivity contribution in [1.82, 2.24) is 10.3 Å². The summed E-state index contributed by atoms with van der Waals surface area (Å²) in [6, 6.07) is 15.0. The normalized spacial score (nSPS) is 12.1. The molecular formula is C21H26N2O4Si. The Hall–Kier alpha value is -2.77. The number of amides is 1. The van der Waals surface area contributed by atoms with Crippen LogP contribution in [0.2, 0.25) is 25.7 Å². The molecule has 1 heterocycles. The third-order valence-electron chi connectivity index (χ3n) is 3.82. The van der Waals surface area contributed by atoms with Crippen molar-refractivity contribution < 1.29 is 19.4 Å². The molecule has 2 rings (SSSR count). The van der Waals surface area contributed by atoms with Crippen molar-refractivity contribution in [3.05, 3.63) is 71.7 Å². The SMILES string of the molecule is CC(=O)/C(OOCC[Si](C)(C)C)=C(\NC(=O)c1ccccn1)c1ccccc1. The average Bonchev–Trinajstić information content (AvgIpc) is 2.67. The number of rotatable bonds is 9. The molecule has 0 atom stereocenters. The maximum Gasteiger partial charge on any atom is 0.274 e. The number of ketones is 1. The third kappa shape index (κ3) is 6.75. The van der Waals surface area contributed by atoms with Gasteiger partial charge >= 0.3 is 0 Å². The predicted molar refractivity (Wildman–Crippen MR) is 111 cm³/mol. The maximum atomic E-state index is 12.6. The van der Waals surface area contributed by atoms with E-state index >= 15 is 0 Å². The first-order valence-corrected chi connectivity index (χ1v) is 12.8. The zero-order valence-corrected chi connectivity index (χ0v) is 17.7. The van der Waals surface area contributed by atoms with Crippen LogP contribution in [0.3, 0.4) is 0 Å². The number of hydrogen-bond donors (Lipinski definition) is 1. The summed E-state index contributed by atoms with van der Waals surface area (Å²) in [7, 11) is -1.30. The zero-order valence-electron chi connectivity index (χ0n) is 16.7. The van der Waals surface area contributed by atoms with E-state index in [2.05, 4.69) is 29.9 Å². The van der Waals surface area contributed by atoms with Crippen LogP contribution >= 0.6 is 0 Å². The molecule has 6 nitrogen and oxygen atoms in total. The van der Waals surface area contributed by atoms with Crippen molar-refractivity contribution in [2.24, 2.45) is 0 Å². The number of hydrogen-bond acceptors (Lipinski definition) is 5. The van der Waals surface area contributed by atoms with Gasteiger partial charge in [-0.25, -0.2) is 0 Å². The second kappa shape index (κ2) is 9.96. The number of allylic oxidation sites excluding steroid dienone is 1. The van der Waals surface area contributed by atoms with Crippen LogP contribution in [0.5, 0.6) is 0 Å². The first-order chi connectivity index (χ1) is 13.3. The third-order valence-corrected chi connectivity index (χ3v) is 5.53. The number of pyridine rings is 1. The van der Waals surface area contributed by atoms with Crippen LogP contribution in [0.25, 0.3) is 5.70 Å². The summed E-state index contributed by atoms with van der Waals surface area (Å²) in [6.07, 6.45) is 1.53. The van der Waals surface area contributed by atoms with Gasteiger partial charge in [-0.3, -0.25) is 14.6 Å². The predicted octanol–water partition coefficient (Wildman–Crippen LogP) is 4.06. The van der Waals surface area contributed by atoms with E-state index in [4.69, 9.17) is 9.78 Å². The van der Waals surface area contributed by atoms with Gasteiger partial charge in [-0.1, -0.05) is 56.0 Å². The van der Waals surface area contributed by atoms with Crippen LogP contribution in [0, 0.1) is 0 Å². The molecule has 0 saturated heterocycles. The quantitative estimate of drug-likeness (QED) is 0.172. The zero-order chi connectivity index (χ0) is 20.6. The maximum absolute atomic E-state index is 12.6. The molecule has 0 radical (unpaired) electrons. The summed E-state index contributed by atoms with van der Waals surface area (Å²) in [4.78, 5) is 39.6. The summed E-state index contributed by atoms with van der Waals surface area (Å²) in [5, 5.41) is 2.75. The van der Waals surface area contributed by atoms with Crippen molar-refractivity contribution in [2.45, 2.75) is 32.6 Å². The minimum Gasteiger partial charge on any atom is -0.331 e. The molecule has 148 valence electrons. The summed E-state index contributed by atoms with van der Waals surface area (Å²) in [5.74, 6) is -0.844. The van der Waals surface area contributed by atoms with Gasteiger partial charge in [-0.2, -0.15) is 4.89 Å². The second-order valence-corrected chi connectivity index (χ2v) is 13.1. The number of nitrogens with one attached hydrogen (secondary N) is 1. The first-order valence-electron chi connectivity index (χ1n) is 9.10. The van der Waals surface area contributed by atoms with Crippen LogP contribution in [0.4, 0.5) is 0 Å². The second-order valence-electron chi connectivity index (χ2n) is 7.51. The number of nitrogens with zero attached hydrogens (tertiary/aromatic N) is 1. The Bertz CT molecular complexity index is 830. The number of aromatic nitrogens is 1. The van der Waals surface area contributed by atoms with Gasteiger partial charge < -0.3 is 10.2 Å². The molecule has 0 unspecified atom stereocenters. The molecule has 1 aromatic heterocycles. The highest BCUT2D eigenvalue weighted by Gasteiger charge is 2.21. The van der Waals surface area contributed by atoms with Crippen LogP contribution in [0.1, 0.15) is 23.0 Å². The Labute approximate surface area is 166 Å². The first kappa shape index (κ1) is 21.5. The highest BCUT2D eigenvalue weighted by molar-refractivity contribution is 6.76. The molecule has 0 bridgehead atoms. The number of Topliss-reactive ketones (excluding diaryl/α,β-unsaturated/α-hetero) is 1. The van der Waals surface area contributed by atoms with E-state index in [0.29, 0.717) is 12.2 Å². The summed E-state index contributed by atoms with van der Waals surface area (Å²) in [6.45, 7) is 8.41. The molecule has 0 aliphatic carbocycles. The Kier molecular flexibility index (Phi) is 7.66. The van der Waals surface area contributed by atoms with Gasteiger partial charge in [0.05, 0.1) is 12.3 Å². The van der Waals surface area contributed by atoms with Crippen LogP contribution in [-0.2, 0) is 14.6 Å². The summed E-state index contributed by atoms with van der Waals surface area (Å²) in [5.41, 5.74) is 1.11. The van der Waals surface area contributed by atoms with Gasteiger partial charge in [0, 0.05) is 26.8 Å². The van der Waals surface area contributed by atoms with E-state index in [9.17, 15) is 9.59 Å². The van der Waals surface area contributed by atoms with Crippen molar-refractivity contribution >= 4 is 25.5 Å². The van der Waals surface area contributed by atoms with Crippen molar-refractivity contribution in [3.8, 4) is 0 Å². The van der Waals surface area contributed by atoms with E-state index in [-0.39, 0.29) is 22.9 Å². The average molecular weight is 399 g/mol. The fourth-order valence-electron chi connectivity index (χ4n) is 2.26. The lowest BCUT2D eigenvalue weighted by Gasteiger charge is -2.17. The molecular weight excluding hydrogens is 372 g/mol. The van der Waals surface area contributed by atoms with Crippen molar-refractivity contribution in [2.75, 3.05) is 6.61 Å². The Balaban J connectivity index is 2.30. The van der Waals surface area contributed by atoms with Crippen LogP contribution < -0.4 is 5.32 Å². The lowest BCUT2D eigenvalue weighted by atomic mass is 10.1. The fourth-order valence-corrected chi connectivity index (χ4v) is 2.96. The Morgan fingerprint density at radius 1 is 1.04 bits per heavy atom. The van der Waals surface area contributed by atoms with Gasteiger partial charge in [0.1, 0.15) is 5.69 Å². The van der Waals surface area contributed by atoms with E-state index < -0.39 is 14.0 Å². The molecule has 0 saturated carbocycles. The van der Waals surface area contributed by atoms with Crippen molar-refractivity contribution in [3.63, 3.8) is 0 Å². The van der Waals surface area contributed by atoms with Gasteiger partial charge in [0.15, 0.2) is 0 Å². The van der Waals surface area contributed by atoms with E-state index in [0.717, 1.165) is 6.04 Å². The molecule has 0 spiro atoms. The minimum atomic E-state index is -1.30. The molecule has 28 heavy (non-hydrogen) atoms. The lowest BCUT2D eigenvalue weighted by molar-refractivity contribution is -0.256. The molecule has 0 aliphatic heterocycles. The minimum absolute atomic E-state index is 0.0499. The largest absolute Gasteiger partial charge is 0.331 e. The van der Waals surface area contributed by atoms with E-state index in [1.165, 1.54) is 13.1 Å². The topological polar surface area (TPSA) is 77.5 Å². The Morgan fingerprint density at radius 3 is 2.29 bits per heavy atom. The highest BCUT2D eigenvalue weighted by Crippen LogP contribution is 2.19. The summed E-state index contributed by atoms with van der Waals surface area (Å²) >= 11 is 0.